The molecule has 0 aromatic carbocycles. The van der Waals surface area contributed by atoms with E-state index >= 15 is 0 Å². The lowest BCUT2D eigenvalue weighted by atomic mass is 9.73. The van der Waals surface area contributed by atoms with Gasteiger partial charge in [-0.25, -0.2) is 0 Å². The van der Waals surface area contributed by atoms with Crippen LogP contribution in [-0.2, 0) is 0 Å². The third-order valence-electron chi connectivity index (χ3n) is 4.25. The van der Waals surface area contributed by atoms with Crippen molar-refractivity contribution in [2.45, 2.75) is 58.9 Å². The molecule has 1 atom stereocenters. The van der Waals surface area contributed by atoms with Crippen molar-refractivity contribution in [2.75, 3.05) is 0 Å². The second-order valence-corrected chi connectivity index (χ2v) is 6.18. The molecular weight excluding hydrogens is 206 g/mol. The summed E-state index contributed by atoms with van der Waals surface area (Å²) in [6.07, 6.45) is 12.1. The number of hydrogen-bond acceptors (Lipinski definition) is 0. The minimum Gasteiger partial charge on any atom is -0.474 e. The Labute approximate surface area is 107 Å². The van der Waals surface area contributed by atoms with E-state index in [-0.39, 0.29) is 0 Å². The third kappa shape index (κ3) is 4.67. The zero-order chi connectivity index (χ0) is 12.9. The Hall–Kier alpha value is -0.560. The summed E-state index contributed by atoms with van der Waals surface area (Å²) in [5, 5.41) is 2.16. The molecule has 98 valence electrons. The van der Waals surface area contributed by atoms with Crippen LogP contribution in [0, 0.1) is 18.9 Å². The van der Waals surface area contributed by atoms with Crippen molar-refractivity contribution in [1.82, 2.24) is 0 Å². The number of nitrogens with two attached hydrogens (primary N) is 1. The molecule has 2 N–H and O–H groups in total. The standard InChI is InChI=1S/C16H29N/c1-13(2)7-6-8-14(3)15-9-11-16(4,17-5)12-10-15/h6-8,14-15H,5,9-12,17H2,1-4H3. The Bertz CT molecular complexity index is 276. The minimum absolute atomic E-state index is 0.403. The molecule has 0 bridgehead atoms. The summed E-state index contributed by atoms with van der Waals surface area (Å²) in [7, 11) is 3.97. The zero-order valence-corrected chi connectivity index (χ0v) is 12.0. The second kappa shape index (κ2) is 6.39. The predicted molar refractivity (Wildman–Crippen MR) is 75.4 cm³/mol. The summed E-state index contributed by atoms with van der Waals surface area (Å²) < 4.78 is 0. The minimum atomic E-state index is 0.403. The number of rotatable bonds is 4. The number of hydrogen-bond donors (Lipinski definition) is 1. The Morgan fingerprint density at radius 2 is 1.94 bits per heavy atom. The highest BCUT2D eigenvalue weighted by molar-refractivity contribution is 5.09. The third-order valence-corrected chi connectivity index (χ3v) is 4.25. The molecule has 1 nitrogen and oxygen atoms in total. The topological polar surface area (TPSA) is 16.6 Å². The fourth-order valence-electron chi connectivity index (χ4n) is 2.61. The Balaban J connectivity index is 2.43. The highest BCUT2D eigenvalue weighted by Crippen LogP contribution is 2.34. The fourth-order valence-corrected chi connectivity index (χ4v) is 2.61. The lowest BCUT2D eigenvalue weighted by Gasteiger charge is -2.38. The molecule has 0 amide bonds. The van der Waals surface area contributed by atoms with Gasteiger partial charge >= 0.3 is 0 Å². The molecule has 0 aromatic rings. The maximum Gasteiger partial charge on any atom is 0.0695 e. The average Bonchev–Trinajstić information content (AvgIpc) is 2.29. The predicted octanol–water partition coefficient (Wildman–Crippen LogP) is 3.45. The molecular formula is C16H29N. The van der Waals surface area contributed by atoms with Gasteiger partial charge in [-0.05, 0) is 58.3 Å². The number of quaternary nitrogens is 1. The van der Waals surface area contributed by atoms with Gasteiger partial charge in [0.1, 0.15) is 0 Å². The van der Waals surface area contributed by atoms with Crippen LogP contribution in [-0.4, -0.2) is 5.54 Å². The van der Waals surface area contributed by atoms with Crippen molar-refractivity contribution in [3.63, 3.8) is 0 Å². The highest BCUT2D eigenvalue weighted by atomic mass is 14.9. The van der Waals surface area contributed by atoms with Crippen molar-refractivity contribution >= 4 is 0 Å². The summed E-state index contributed by atoms with van der Waals surface area (Å²) in [4.78, 5) is 0. The van der Waals surface area contributed by atoms with E-state index in [1.165, 1.54) is 31.3 Å². The van der Waals surface area contributed by atoms with Gasteiger partial charge in [0.05, 0.1) is 5.54 Å². The van der Waals surface area contributed by atoms with Gasteiger partial charge in [0.15, 0.2) is 0 Å². The summed E-state index contributed by atoms with van der Waals surface area (Å²) in [5.74, 6) is 1.57. The van der Waals surface area contributed by atoms with Crippen LogP contribution in [0.3, 0.4) is 0 Å². The summed E-state index contributed by atoms with van der Waals surface area (Å²) in [5.41, 5.74) is 1.77. The van der Waals surface area contributed by atoms with Gasteiger partial charge < -0.3 is 5.32 Å². The second-order valence-electron chi connectivity index (χ2n) is 6.18. The molecule has 1 aliphatic carbocycles. The molecule has 1 unspecified atom stereocenters. The van der Waals surface area contributed by atoms with Crippen LogP contribution in [0.5, 0.6) is 0 Å². The zero-order valence-electron chi connectivity index (χ0n) is 12.0. The molecule has 0 heterocycles. The van der Waals surface area contributed by atoms with Crippen LogP contribution in [0.4, 0.5) is 0 Å². The van der Waals surface area contributed by atoms with E-state index in [0.717, 1.165) is 5.92 Å². The molecule has 1 heteroatoms. The van der Waals surface area contributed by atoms with E-state index < -0.39 is 0 Å². The van der Waals surface area contributed by atoms with E-state index in [1.807, 2.05) is 0 Å². The van der Waals surface area contributed by atoms with Gasteiger partial charge in [-0.15, -0.1) is 0 Å². The SMILES string of the molecule is [CH2-][NH2+]C1(C)CCC(C(C)C=CC=C(C)C)CC1. The van der Waals surface area contributed by atoms with Crippen molar-refractivity contribution in [3.8, 4) is 0 Å². The summed E-state index contributed by atoms with van der Waals surface area (Å²) >= 11 is 0. The molecule has 0 radical (unpaired) electrons. The summed E-state index contributed by atoms with van der Waals surface area (Å²) in [6, 6.07) is 0. The van der Waals surface area contributed by atoms with Crippen LogP contribution in [0.2, 0.25) is 0 Å². The Morgan fingerprint density at radius 3 is 2.41 bits per heavy atom. The normalized spacial score (nSPS) is 31.5. The van der Waals surface area contributed by atoms with Crippen molar-refractivity contribution in [3.05, 3.63) is 30.8 Å². The first-order chi connectivity index (χ1) is 7.97. The fraction of sp³-hybridized carbons (Fsp3) is 0.688. The maximum absolute atomic E-state index is 3.97. The highest BCUT2D eigenvalue weighted by Gasteiger charge is 2.32. The van der Waals surface area contributed by atoms with Gasteiger partial charge in [-0.1, -0.05) is 30.7 Å². The molecule has 0 saturated heterocycles. The molecule has 0 aliphatic heterocycles. The lowest BCUT2D eigenvalue weighted by Crippen LogP contribution is -2.91. The molecule has 0 aromatic heterocycles. The number of allylic oxidation sites excluding steroid dienone is 4. The van der Waals surface area contributed by atoms with E-state index in [0.29, 0.717) is 11.5 Å². The Kier molecular flexibility index (Phi) is 5.45. The van der Waals surface area contributed by atoms with Crippen LogP contribution in [0.15, 0.2) is 23.8 Å². The van der Waals surface area contributed by atoms with E-state index in [2.05, 4.69) is 58.3 Å². The molecule has 1 rings (SSSR count). The quantitative estimate of drug-likeness (QED) is 0.568. The molecule has 1 saturated carbocycles. The maximum atomic E-state index is 3.97. The van der Waals surface area contributed by atoms with Gasteiger partial charge in [0.2, 0.25) is 0 Å². The van der Waals surface area contributed by atoms with Crippen molar-refractivity contribution < 1.29 is 5.32 Å². The van der Waals surface area contributed by atoms with Crippen molar-refractivity contribution in [2.24, 2.45) is 11.8 Å². The van der Waals surface area contributed by atoms with Crippen LogP contribution >= 0.6 is 0 Å². The van der Waals surface area contributed by atoms with Crippen LogP contribution < -0.4 is 5.32 Å². The first-order valence-corrected chi connectivity index (χ1v) is 6.92. The smallest absolute Gasteiger partial charge is 0.0695 e. The first-order valence-electron chi connectivity index (χ1n) is 6.92. The average molecular weight is 235 g/mol. The largest absolute Gasteiger partial charge is 0.474 e. The molecule has 1 fully saturated rings. The van der Waals surface area contributed by atoms with E-state index in [1.54, 1.807) is 0 Å². The van der Waals surface area contributed by atoms with Gasteiger partial charge in [0, 0.05) is 0 Å². The lowest BCUT2D eigenvalue weighted by molar-refractivity contribution is -0.676. The van der Waals surface area contributed by atoms with E-state index in [4.69, 9.17) is 0 Å². The van der Waals surface area contributed by atoms with Gasteiger partial charge in [-0.3, -0.25) is 0 Å². The molecule has 17 heavy (non-hydrogen) atoms. The van der Waals surface area contributed by atoms with Crippen LogP contribution in [0.1, 0.15) is 53.4 Å². The van der Waals surface area contributed by atoms with Gasteiger partial charge in [-0.2, -0.15) is 7.05 Å². The Morgan fingerprint density at radius 1 is 1.35 bits per heavy atom. The molecule has 1 aliphatic rings. The van der Waals surface area contributed by atoms with Crippen LogP contribution in [0.25, 0.3) is 0 Å². The van der Waals surface area contributed by atoms with E-state index in [9.17, 15) is 0 Å². The monoisotopic (exact) mass is 235 g/mol. The first kappa shape index (κ1) is 14.5. The molecule has 0 spiro atoms. The van der Waals surface area contributed by atoms with Crippen molar-refractivity contribution in [1.29, 1.82) is 0 Å². The summed E-state index contributed by atoms with van der Waals surface area (Å²) in [6.45, 7) is 8.99. The van der Waals surface area contributed by atoms with Gasteiger partial charge in [0.25, 0.3) is 0 Å².